The lowest BCUT2D eigenvalue weighted by atomic mass is 10.1. The first-order valence-corrected chi connectivity index (χ1v) is 9.93. The van der Waals surface area contributed by atoms with Crippen LogP contribution in [0.4, 0.5) is 0 Å². The Hall–Kier alpha value is -2.63. The van der Waals surface area contributed by atoms with Crippen molar-refractivity contribution in [1.29, 1.82) is 0 Å². The Kier molecular flexibility index (Phi) is 4.96. The van der Waals surface area contributed by atoms with E-state index in [1.54, 1.807) is 7.05 Å². The number of aromatic nitrogens is 1. The third kappa shape index (κ3) is 3.21. The molecule has 1 saturated heterocycles. The predicted octanol–water partition coefficient (Wildman–Crippen LogP) is 4.59. The molecule has 0 spiro atoms. The zero-order chi connectivity index (χ0) is 19.8. The molecule has 4 rings (SSSR count). The fourth-order valence-electron chi connectivity index (χ4n) is 3.58. The molecular formula is C22H20ClN3OS. The molecule has 28 heavy (non-hydrogen) atoms. The molecule has 0 saturated carbocycles. The van der Waals surface area contributed by atoms with Crippen molar-refractivity contribution in [2.24, 2.45) is 0 Å². The van der Waals surface area contributed by atoms with E-state index < -0.39 is 0 Å². The van der Waals surface area contributed by atoms with E-state index >= 15 is 0 Å². The zero-order valence-corrected chi connectivity index (χ0v) is 17.3. The van der Waals surface area contributed by atoms with Crippen LogP contribution in [0.3, 0.4) is 0 Å². The molecule has 1 amide bonds. The molecule has 6 heteroatoms. The molecule has 142 valence electrons. The molecule has 1 aromatic heterocycles. The van der Waals surface area contributed by atoms with Gasteiger partial charge < -0.3 is 9.88 Å². The molecule has 0 aliphatic carbocycles. The summed E-state index contributed by atoms with van der Waals surface area (Å²) >= 11 is 11.6. The molecule has 2 heterocycles. The Morgan fingerprint density at radius 1 is 1.14 bits per heavy atom. The molecule has 1 aliphatic rings. The number of thiocarbonyl (C=S) groups is 1. The second-order valence-electron chi connectivity index (χ2n) is 6.82. The van der Waals surface area contributed by atoms with Crippen molar-refractivity contribution in [1.82, 2.24) is 14.8 Å². The van der Waals surface area contributed by atoms with Crippen LogP contribution in [0.2, 0.25) is 5.02 Å². The van der Waals surface area contributed by atoms with Crippen LogP contribution in [0, 0.1) is 0 Å². The van der Waals surface area contributed by atoms with Gasteiger partial charge in [-0.15, -0.1) is 0 Å². The standard InChI is InChI=1S/C22H20ClN3OS/c1-3-14-8-6-9-17-16(11-19-21(27)25(2)22(28)24-19)13-26(20(14)17)12-15-7-4-5-10-18(15)23/h4-11,13H,3,12H2,1-2H3,(H,24,28)/b19-11-. The van der Waals surface area contributed by atoms with Crippen LogP contribution >= 0.6 is 23.8 Å². The van der Waals surface area contributed by atoms with E-state index in [4.69, 9.17) is 23.8 Å². The van der Waals surface area contributed by atoms with E-state index in [0.29, 0.717) is 17.4 Å². The van der Waals surface area contributed by atoms with Crippen molar-refractivity contribution in [2.75, 3.05) is 7.05 Å². The second-order valence-corrected chi connectivity index (χ2v) is 7.62. The number of fused-ring (bicyclic) bond motifs is 1. The number of hydrogen-bond acceptors (Lipinski definition) is 2. The van der Waals surface area contributed by atoms with Gasteiger partial charge in [0.25, 0.3) is 5.91 Å². The van der Waals surface area contributed by atoms with Crippen LogP contribution in [-0.4, -0.2) is 27.5 Å². The largest absolute Gasteiger partial charge is 0.342 e. The highest BCUT2D eigenvalue weighted by Gasteiger charge is 2.27. The first-order valence-electron chi connectivity index (χ1n) is 9.14. The summed E-state index contributed by atoms with van der Waals surface area (Å²) in [6.45, 7) is 2.81. The summed E-state index contributed by atoms with van der Waals surface area (Å²) in [6.07, 6.45) is 4.88. The lowest BCUT2D eigenvalue weighted by Crippen LogP contribution is -2.25. The van der Waals surface area contributed by atoms with E-state index in [0.717, 1.165) is 33.5 Å². The van der Waals surface area contributed by atoms with Crippen LogP contribution in [0.15, 0.2) is 54.4 Å². The van der Waals surface area contributed by atoms with E-state index in [9.17, 15) is 4.79 Å². The number of nitrogens with one attached hydrogen (secondary N) is 1. The second kappa shape index (κ2) is 7.41. The fraction of sp³-hybridized carbons (Fsp3) is 0.182. The van der Waals surface area contributed by atoms with Gasteiger partial charge in [0, 0.05) is 35.8 Å². The zero-order valence-electron chi connectivity index (χ0n) is 15.7. The van der Waals surface area contributed by atoms with E-state index in [1.807, 2.05) is 30.3 Å². The van der Waals surface area contributed by atoms with Crippen molar-refractivity contribution in [2.45, 2.75) is 19.9 Å². The summed E-state index contributed by atoms with van der Waals surface area (Å²) < 4.78 is 2.21. The molecule has 0 unspecified atom stereocenters. The molecule has 4 nitrogen and oxygen atoms in total. The van der Waals surface area contributed by atoms with Gasteiger partial charge >= 0.3 is 0 Å². The Balaban J connectivity index is 1.86. The van der Waals surface area contributed by atoms with Gasteiger partial charge in [0.05, 0.1) is 5.52 Å². The van der Waals surface area contributed by atoms with Gasteiger partial charge in [-0.05, 0) is 41.9 Å². The third-order valence-corrected chi connectivity index (χ3v) is 5.82. The molecule has 2 aromatic carbocycles. The van der Waals surface area contributed by atoms with Crippen LogP contribution in [0.1, 0.15) is 23.6 Å². The summed E-state index contributed by atoms with van der Waals surface area (Å²) in [5, 5.41) is 5.28. The van der Waals surface area contributed by atoms with Gasteiger partial charge in [-0.1, -0.05) is 54.9 Å². The van der Waals surface area contributed by atoms with Crippen LogP contribution in [0.25, 0.3) is 17.0 Å². The first-order chi connectivity index (χ1) is 13.5. The minimum atomic E-state index is -0.122. The van der Waals surface area contributed by atoms with Crippen molar-refractivity contribution in [3.8, 4) is 0 Å². The monoisotopic (exact) mass is 409 g/mol. The average molecular weight is 410 g/mol. The maximum Gasteiger partial charge on any atom is 0.276 e. The van der Waals surface area contributed by atoms with Gasteiger partial charge in [0.15, 0.2) is 5.11 Å². The van der Waals surface area contributed by atoms with Crippen LogP contribution < -0.4 is 5.32 Å². The number of rotatable bonds is 4. The van der Waals surface area contributed by atoms with Crippen molar-refractivity contribution in [3.63, 3.8) is 0 Å². The lowest BCUT2D eigenvalue weighted by Gasteiger charge is -2.10. The third-order valence-electron chi connectivity index (χ3n) is 5.07. The van der Waals surface area contributed by atoms with Crippen molar-refractivity contribution in [3.05, 3.63) is 76.1 Å². The molecule has 3 aromatic rings. The summed E-state index contributed by atoms with van der Waals surface area (Å²) in [7, 11) is 1.67. The number of halogens is 1. The Labute approximate surface area is 174 Å². The summed E-state index contributed by atoms with van der Waals surface area (Å²) in [4.78, 5) is 13.9. The smallest absolute Gasteiger partial charge is 0.276 e. The predicted molar refractivity (Wildman–Crippen MR) is 118 cm³/mol. The average Bonchev–Trinajstić information content (AvgIpc) is 3.16. The molecule has 0 radical (unpaired) electrons. The molecule has 1 aliphatic heterocycles. The van der Waals surface area contributed by atoms with Crippen molar-refractivity contribution >= 4 is 51.8 Å². The number of carbonyl (C=O) groups is 1. The molecule has 1 N–H and O–H groups in total. The van der Waals surface area contributed by atoms with E-state index in [2.05, 4.69) is 41.2 Å². The topological polar surface area (TPSA) is 37.3 Å². The molecular weight excluding hydrogens is 390 g/mol. The van der Waals surface area contributed by atoms with Crippen molar-refractivity contribution < 1.29 is 4.79 Å². The Morgan fingerprint density at radius 3 is 2.57 bits per heavy atom. The quantitative estimate of drug-likeness (QED) is 0.505. The number of likely N-dealkylation sites (N-methyl/N-ethyl adjacent to an activating group) is 1. The van der Waals surface area contributed by atoms with E-state index in [1.165, 1.54) is 10.5 Å². The highest BCUT2D eigenvalue weighted by Crippen LogP contribution is 2.29. The normalized spacial score (nSPS) is 15.7. The number of amides is 1. The molecule has 0 bridgehead atoms. The minimum absolute atomic E-state index is 0.122. The number of nitrogens with zero attached hydrogens (tertiary/aromatic N) is 2. The maximum atomic E-state index is 12.4. The highest BCUT2D eigenvalue weighted by molar-refractivity contribution is 7.80. The Morgan fingerprint density at radius 2 is 1.89 bits per heavy atom. The number of carbonyl (C=O) groups excluding carboxylic acids is 1. The van der Waals surface area contributed by atoms with Gasteiger partial charge in [0.2, 0.25) is 0 Å². The Bertz CT molecular complexity index is 1130. The summed E-state index contributed by atoms with van der Waals surface area (Å²) in [6, 6.07) is 14.2. The van der Waals surface area contributed by atoms with Crippen LogP contribution in [0.5, 0.6) is 0 Å². The fourth-order valence-corrected chi connectivity index (χ4v) is 3.97. The molecule has 1 fully saturated rings. The number of hydrogen-bond donors (Lipinski definition) is 1. The van der Waals surface area contributed by atoms with Gasteiger partial charge in [0.1, 0.15) is 5.70 Å². The molecule has 0 atom stereocenters. The number of aryl methyl sites for hydroxylation is 1. The number of benzene rings is 2. The van der Waals surface area contributed by atoms with Gasteiger partial charge in [-0.25, -0.2) is 0 Å². The van der Waals surface area contributed by atoms with Crippen LogP contribution in [-0.2, 0) is 17.8 Å². The number of para-hydroxylation sites is 1. The lowest BCUT2D eigenvalue weighted by molar-refractivity contribution is -0.121. The first kappa shape index (κ1) is 18.7. The minimum Gasteiger partial charge on any atom is -0.342 e. The highest BCUT2D eigenvalue weighted by atomic mass is 35.5. The van der Waals surface area contributed by atoms with Gasteiger partial charge in [-0.3, -0.25) is 9.69 Å². The maximum absolute atomic E-state index is 12.4. The SMILES string of the molecule is CCc1cccc2c(/C=C3\NC(=S)N(C)C3=O)cn(Cc3ccccc3Cl)c12. The summed E-state index contributed by atoms with van der Waals surface area (Å²) in [5.41, 5.74) is 4.95. The summed E-state index contributed by atoms with van der Waals surface area (Å²) in [5.74, 6) is -0.122. The van der Waals surface area contributed by atoms with Gasteiger partial charge in [-0.2, -0.15) is 0 Å². The van der Waals surface area contributed by atoms with E-state index in [-0.39, 0.29) is 5.91 Å².